The minimum Gasteiger partial charge on any atom is -0.497 e. The number of aromatic nitrogens is 1. The van der Waals surface area contributed by atoms with Crippen molar-refractivity contribution in [2.45, 2.75) is 25.3 Å². The Hall–Kier alpha value is -2.11. The number of fused-ring (bicyclic) bond motifs is 3. The highest BCUT2D eigenvalue weighted by Gasteiger charge is 2.38. The maximum atomic E-state index is 12.7. The number of hydrogen-bond acceptors (Lipinski definition) is 4. The fraction of sp³-hybridized carbons (Fsp3) is 0.562. The van der Waals surface area contributed by atoms with E-state index in [0.717, 1.165) is 19.3 Å². The van der Waals surface area contributed by atoms with Gasteiger partial charge >= 0.3 is 0 Å². The SMILES string of the molecule is COc1ccnc(C(=O)N2C[C@H]3CCC[C@@H](C2)N(C)C3=O)c1. The van der Waals surface area contributed by atoms with Crippen molar-refractivity contribution < 1.29 is 14.3 Å². The summed E-state index contributed by atoms with van der Waals surface area (Å²) in [5.41, 5.74) is 0.370. The van der Waals surface area contributed by atoms with Gasteiger partial charge in [0.1, 0.15) is 11.4 Å². The van der Waals surface area contributed by atoms with Gasteiger partial charge in [-0.3, -0.25) is 14.6 Å². The van der Waals surface area contributed by atoms with Crippen LogP contribution in [-0.2, 0) is 4.79 Å². The molecular weight excluding hydrogens is 282 g/mol. The zero-order valence-corrected chi connectivity index (χ0v) is 13.0. The van der Waals surface area contributed by atoms with Crippen molar-refractivity contribution in [2.75, 3.05) is 27.2 Å². The summed E-state index contributed by atoms with van der Waals surface area (Å²) in [5.74, 6) is 0.559. The number of pyridine rings is 1. The van der Waals surface area contributed by atoms with Crippen LogP contribution in [0.3, 0.4) is 0 Å². The average Bonchev–Trinajstić information content (AvgIpc) is 2.72. The number of nitrogens with zero attached hydrogens (tertiary/aromatic N) is 3. The van der Waals surface area contributed by atoms with Gasteiger partial charge in [0.15, 0.2) is 0 Å². The van der Waals surface area contributed by atoms with Gasteiger partial charge in [-0.1, -0.05) is 6.42 Å². The average molecular weight is 303 g/mol. The largest absolute Gasteiger partial charge is 0.497 e. The number of methoxy groups -OCH3 is 1. The lowest BCUT2D eigenvalue weighted by Crippen LogP contribution is -2.42. The Labute approximate surface area is 130 Å². The van der Waals surface area contributed by atoms with Crippen molar-refractivity contribution in [3.05, 3.63) is 24.0 Å². The first-order valence-electron chi connectivity index (χ1n) is 7.66. The number of rotatable bonds is 2. The zero-order valence-electron chi connectivity index (χ0n) is 13.0. The lowest BCUT2D eigenvalue weighted by atomic mass is 9.99. The van der Waals surface area contributed by atoms with Gasteiger partial charge in [-0.05, 0) is 18.9 Å². The monoisotopic (exact) mass is 303 g/mol. The minimum absolute atomic E-state index is 0.0907. The lowest BCUT2D eigenvalue weighted by molar-refractivity contribution is -0.134. The number of likely N-dealkylation sites (tertiary alicyclic amines) is 1. The van der Waals surface area contributed by atoms with Crippen molar-refractivity contribution in [2.24, 2.45) is 5.92 Å². The first-order valence-corrected chi connectivity index (χ1v) is 7.66. The smallest absolute Gasteiger partial charge is 0.272 e. The van der Waals surface area contributed by atoms with Gasteiger partial charge in [0.05, 0.1) is 13.0 Å². The Morgan fingerprint density at radius 1 is 1.36 bits per heavy atom. The second-order valence-corrected chi connectivity index (χ2v) is 6.02. The van der Waals surface area contributed by atoms with Crippen LogP contribution in [0.15, 0.2) is 18.3 Å². The molecule has 6 heteroatoms. The van der Waals surface area contributed by atoms with Gasteiger partial charge < -0.3 is 14.5 Å². The molecule has 3 rings (SSSR count). The topological polar surface area (TPSA) is 62.7 Å². The maximum Gasteiger partial charge on any atom is 0.272 e. The van der Waals surface area contributed by atoms with E-state index in [2.05, 4.69) is 4.98 Å². The molecule has 0 spiro atoms. The molecule has 6 nitrogen and oxygen atoms in total. The highest BCUT2D eigenvalue weighted by atomic mass is 16.5. The van der Waals surface area contributed by atoms with E-state index >= 15 is 0 Å². The van der Waals surface area contributed by atoms with E-state index in [-0.39, 0.29) is 23.8 Å². The van der Waals surface area contributed by atoms with Crippen molar-refractivity contribution in [3.63, 3.8) is 0 Å². The summed E-state index contributed by atoms with van der Waals surface area (Å²) in [6.07, 6.45) is 4.43. The molecule has 2 aliphatic rings. The molecule has 1 aromatic heterocycles. The van der Waals surface area contributed by atoms with E-state index in [0.29, 0.717) is 24.5 Å². The molecule has 0 saturated carbocycles. The van der Waals surface area contributed by atoms with E-state index in [4.69, 9.17) is 4.74 Å². The summed E-state index contributed by atoms with van der Waals surface area (Å²) < 4.78 is 5.15. The van der Waals surface area contributed by atoms with Crippen LogP contribution in [0, 0.1) is 5.92 Å². The van der Waals surface area contributed by atoms with Crippen LogP contribution in [0.1, 0.15) is 29.8 Å². The molecular formula is C16H21N3O3. The molecule has 2 fully saturated rings. The van der Waals surface area contributed by atoms with Gasteiger partial charge in [-0.15, -0.1) is 0 Å². The third-order valence-electron chi connectivity index (χ3n) is 4.68. The Morgan fingerprint density at radius 2 is 2.18 bits per heavy atom. The second-order valence-electron chi connectivity index (χ2n) is 6.02. The second kappa shape index (κ2) is 5.94. The zero-order chi connectivity index (χ0) is 15.7. The standard InChI is InChI=1S/C16H21N3O3/c1-18-12-5-3-4-11(15(18)20)9-19(10-12)16(21)14-8-13(22-2)6-7-17-14/h6-8,11-12H,3-5,9-10H2,1-2H3/t11-,12+/m1/s1. The third kappa shape index (κ3) is 2.65. The number of carbonyl (C=O) groups excluding carboxylic acids is 2. The summed E-state index contributed by atoms with van der Waals surface area (Å²) in [7, 11) is 3.41. The van der Waals surface area contributed by atoms with Crippen LogP contribution in [0.4, 0.5) is 0 Å². The predicted molar refractivity (Wildman–Crippen MR) is 80.6 cm³/mol. The molecule has 0 aromatic carbocycles. The van der Waals surface area contributed by atoms with Gasteiger partial charge in [0, 0.05) is 38.4 Å². The van der Waals surface area contributed by atoms with Crippen LogP contribution in [0.5, 0.6) is 5.75 Å². The number of amides is 2. The number of carbonyl (C=O) groups is 2. The molecule has 0 unspecified atom stereocenters. The van der Waals surface area contributed by atoms with Gasteiger partial charge in [0.2, 0.25) is 5.91 Å². The molecule has 0 radical (unpaired) electrons. The van der Waals surface area contributed by atoms with Crippen molar-refractivity contribution in [1.82, 2.24) is 14.8 Å². The fourth-order valence-electron chi connectivity index (χ4n) is 3.35. The number of ether oxygens (including phenoxy) is 1. The van der Waals surface area contributed by atoms with Gasteiger partial charge in [-0.25, -0.2) is 0 Å². The third-order valence-corrected chi connectivity index (χ3v) is 4.68. The van der Waals surface area contributed by atoms with E-state index in [1.54, 1.807) is 30.3 Å². The van der Waals surface area contributed by atoms with E-state index in [1.165, 1.54) is 0 Å². The number of hydrogen-bond donors (Lipinski definition) is 0. The molecule has 0 aliphatic carbocycles. The lowest BCUT2D eigenvalue weighted by Gasteiger charge is -2.29. The fourth-order valence-corrected chi connectivity index (χ4v) is 3.35. The summed E-state index contributed by atoms with van der Waals surface area (Å²) in [5, 5.41) is 0. The summed E-state index contributed by atoms with van der Waals surface area (Å²) >= 11 is 0. The molecule has 118 valence electrons. The highest BCUT2D eigenvalue weighted by molar-refractivity contribution is 5.93. The molecule has 3 heterocycles. The van der Waals surface area contributed by atoms with Crippen molar-refractivity contribution in [3.8, 4) is 5.75 Å². The van der Waals surface area contributed by atoms with E-state index in [9.17, 15) is 9.59 Å². The van der Waals surface area contributed by atoms with E-state index in [1.807, 2.05) is 11.9 Å². The first-order chi connectivity index (χ1) is 10.6. The number of likely N-dealkylation sites (N-methyl/N-ethyl adjacent to an activating group) is 1. The predicted octanol–water partition coefficient (Wildman–Crippen LogP) is 1.17. The summed E-state index contributed by atoms with van der Waals surface area (Å²) in [6.45, 7) is 1.06. The normalized spacial score (nSPS) is 24.9. The molecule has 2 saturated heterocycles. The molecule has 2 atom stereocenters. The van der Waals surface area contributed by atoms with Gasteiger partial charge in [0.25, 0.3) is 5.91 Å². The van der Waals surface area contributed by atoms with Crippen molar-refractivity contribution in [1.29, 1.82) is 0 Å². The Morgan fingerprint density at radius 3 is 2.95 bits per heavy atom. The van der Waals surface area contributed by atoms with Crippen LogP contribution >= 0.6 is 0 Å². The minimum atomic E-state index is -0.126. The maximum absolute atomic E-state index is 12.7. The van der Waals surface area contributed by atoms with Crippen LogP contribution in [0.2, 0.25) is 0 Å². The quantitative estimate of drug-likeness (QED) is 0.823. The molecule has 0 N–H and O–H groups in total. The van der Waals surface area contributed by atoms with E-state index < -0.39 is 0 Å². The van der Waals surface area contributed by atoms with Crippen LogP contribution in [-0.4, -0.2) is 59.9 Å². The molecule has 22 heavy (non-hydrogen) atoms. The molecule has 1 aromatic rings. The Kier molecular flexibility index (Phi) is 4.00. The molecule has 2 aliphatic heterocycles. The highest BCUT2D eigenvalue weighted by Crippen LogP contribution is 2.27. The summed E-state index contributed by atoms with van der Waals surface area (Å²) in [6, 6.07) is 3.47. The Bertz CT molecular complexity index is 590. The molecule has 2 bridgehead atoms. The van der Waals surface area contributed by atoms with Gasteiger partial charge in [-0.2, -0.15) is 0 Å². The summed E-state index contributed by atoms with van der Waals surface area (Å²) in [4.78, 5) is 32.9. The van der Waals surface area contributed by atoms with Crippen LogP contribution in [0.25, 0.3) is 0 Å². The first kappa shape index (κ1) is 14.8. The molecule has 2 amide bonds. The van der Waals surface area contributed by atoms with Crippen molar-refractivity contribution >= 4 is 11.8 Å². The Balaban J connectivity index is 1.85. The van der Waals surface area contributed by atoms with Crippen LogP contribution < -0.4 is 4.74 Å².